The van der Waals surface area contributed by atoms with Gasteiger partial charge in [-0.1, -0.05) is 12.1 Å². The number of rotatable bonds is 7. The number of nitrogens with two attached hydrogens (primary N) is 1. The van der Waals surface area contributed by atoms with Crippen molar-refractivity contribution in [2.24, 2.45) is 5.92 Å². The summed E-state index contributed by atoms with van der Waals surface area (Å²) in [6.07, 6.45) is 6.98. The molecule has 39 heavy (non-hydrogen) atoms. The molecule has 2 fully saturated rings. The van der Waals surface area contributed by atoms with E-state index in [1.165, 1.54) is 18.5 Å². The molecule has 0 radical (unpaired) electrons. The molecule has 1 aliphatic heterocycles. The number of likely N-dealkylation sites (tertiary alicyclic amines) is 1. The number of hydrogen-bond donors (Lipinski definition) is 1. The summed E-state index contributed by atoms with van der Waals surface area (Å²) < 4.78 is 21.1. The van der Waals surface area contributed by atoms with Gasteiger partial charge in [-0.05, 0) is 68.0 Å². The zero-order valence-electron chi connectivity index (χ0n) is 21.1. The summed E-state index contributed by atoms with van der Waals surface area (Å²) in [6, 6.07) is 13.1. The lowest BCUT2D eigenvalue weighted by Crippen LogP contribution is -2.38. The number of nitrogens with zero attached hydrogens (tertiary/aromatic N) is 6. The van der Waals surface area contributed by atoms with E-state index in [1.807, 2.05) is 18.2 Å². The molecule has 4 aromatic rings. The van der Waals surface area contributed by atoms with Gasteiger partial charge < -0.3 is 15.4 Å². The van der Waals surface area contributed by atoms with E-state index in [1.54, 1.807) is 33.8 Å². The van der Waals surface area contributed by atoms with Crippen molar-refractivity contribution < 1.29 is 13.9 Å². The van der Waals surface area contributed by atoms with Gasteiger partial charge in [0.2, 0.25) is 5.70 Å². The van der Waals surface area contributed by atoms with Gasteiger partial charge in [0, 0.05) is 18.2 Å². The number of allylic oxidation sites excluding steroid dienone is 1. The fourth-order valence-corrected chi connectivity index (χ4v) is 4.99. The van der Waals surface area contributed by atoms with Gasteiger partial charge in [0.05, 0.1) is 24.5 Å². The number of fused-ring (bicyclic) bond motifs is 1. The summed E-state index contributed by atoms with van der Waals surface area (Å²) in [6.45, 7) is 8.55. The number of hydrogen-bond acceptors (Lipinski definition) is 6. The van der Waals surface area contributed by atoms with Crippen LogP contribution in [0.4, 0.5) is 10.2 Å². The first-order chi connectivity index (χ1) is 19.0. The Labute approximate surface area is 224 Å². The highest BCUT2D eigenvalue weighted by atomic mass is 19.1. The predicted octanol–water partition coefficient (Wildman–Crippen LogP) is 5.21. The number of nitrogen functional groups attached to an aromatic ring is 1. The third kappa shape index (κ3) is 5.03. The quantitative estimate of drug-likeness (QED) is 0.263. The van der Waals surface area contributed by atoms with Crippen molar-refractivity contribution in [3.05, 3.63) is 83.9 Å². The molecule has 2 aromatic carbocycles. The molecule has 2 N–H and O–H groups in total. The molecule has 1 saturated heterocycles. The van der Waals surface area contributed by atoms with E-state index in [2.05, 4.69) is 14.8 Å². The molecule has 196 valence electrons. The third-order valence-corrected chi connectivity index (χ3v) is 7.09. The molecule has 1 aliphatic carbocycles. The molecule has 1 atom stereocenters. The number of aromatic nitrogens is 4. The van der Waals surface area contributed by atoms with Gasteiger partial charge in [-0.15, -0.1) is 0 Å². The van der Waals surface area contributed by atoms with Crippen molar-refractivity contribution in [1.82, 2.24) is 24.6 Å². The fourth-order valence-electron chi connectivity index (χ4n) is 4.99. The normalized spacial score (nSPS) is 17.4. The van der Waals surface area contributed by atoms with Crippen LogP contribution in [0.1, 0.15) is 25.7 Å². The minimum absolute atomic E-state index is 0.115. The average Bonchev–Trinajstić information content (AvgIpc) is 3.51. The summed E-state index contributed by atoms with van der Waals surface area (Å²) >= 11 is 0. The third-order valence-electron chi connectivity index (χ3n) is 7.09. The first-order valence-electron chi connectivity index (χ1n) is 12.9. The molecule has 9 nitrogen and oxygen atoms in total. The topological polar surface area (TPSA) is 104 Å². The van der Waals surface area contributed by atoms with Gasteiger partial charge in [-0.2, -0.15) is 5.10 Å². The zero-order valence-corrected chi connectivity index (χ0v) is 21.1. The highest BCUT2D eigenvalue weighted by Gasteiger charge is 2.33. The summed E-state index contributed by atoms with van der Waals surface area (Å²) in [5, 5.41) is 5.48. The van der Waals surface area contributed by atoms with Crippen molar-refractivity contribution in [2.45, 2.75) is 38.3 Å². The molecular weight excluding hydrogens is 497 g/mol. The molecule has 2 aromatic heterocycles. The van der Waals surface area contributed by atoms with Crippen molar-refractivity contribution in [2.75, 3.05) is 12.3 Å². The molecule has 3 heterocycles. The molecular formula is C29H26FN7O2. The van der Waals surface area contributed by atoms with E-state index in [9.17, 15) is 9.18 Å². The second-order valence-electron chi connectivity index (χ2n) is 9.87. The second-order valence-corrected chi connectivity index (χ2v) is 9.87. The fraction of sp³-hybridized carbons (Fsp3) is 0.276. The number of anilines is 1. The Morgan fingerprint density at radius 2 is 1.97 bits per heavy atom. The maximum absolute atomic E-state index is 13.5. The van der Waals surface area contributed by atoms with Crippen LogP contribution in [0.15, 0.2) is 66.6 Å². The molecule has 1 saturated carbocycles. The van der Waals surface area contributed by atoms with Crippen molar-refractivity contribution >= 4 is 22.8 Å². The van der Waals surface area contributed by atoms with Gasteiger partial charge in [0.15, 0.2) is 5.65 Å². The van der Waals surface area contributed by atoms with Gasteiger partial charge >= 0.3 is 0 Å². The average molecular weight is 524 g/mol. The molecule has 0 unspecified atom stereocenters. The van der Waals surface area contributed by atoms with Crippen LogP contribution in [-0.2, 0) is 11.3 Å². The predicted molar refractivity (Wildman–Crippen MR) is 144 cm³/mol. The number of benzene rings is 2. The number of amides is 1. The monoisotopic (exact) mass is 523 g/mol. The van der Waals surface area contributed by atoms with Gasteiger partial charge in [-0.3, -0.25) is 4.79 Å². The maximum atomic E-state index is 13.5. The van der Waals surface area contributed by atoms with Crippen LogP contribution >= 0.6 is 0 Å². The second kappa shape index (κ2) is 10.2. The van der Waals surface area contributed by atoms with Crippen LogP contribution in [0.2, 0.25) is 0 Å². The number of carbonyl (C=O) groups excluding carboxylic acids is 1. The van der Waals surface area contributed by atoms with E-state index < -0.39 is 0 Å². The van der Waals surface area contributed by atoms with Crippen LogP contribution in [0.5, 0.6) is 11.5 Å². The first kappa shape index (κ1) is 24.6. The lowest BCUT2D eigenvalue weighted by atomic mass is 10.1. The zero-order chi connectivity index (χ0) is 26.9. The SMILES string of the molecule is [C-]#[N+]C(=CC1CC1)C(=O)N1CCC[C@@H]1Cn1nc(-c2ccc(Oc3cccc(F)c3)cc2)c2c(N)ncnc21. The number of ether oxygens (including phenoxy) is 1. The Morgan fingerprint density at radius 1 is 1.15 bits per heavy atom. The van der Waals surface area contributed by atoms with Crippen LogP contribution in [-0.4, -0.2) is 43.1 Å². The van der Waals surface area contributed by atoms with E-state index >= 15 is 0 Å². The number of carbonyl (C=O) groups is 1. The molecule has 6 rings (SSSR count). The molecule has 0 bridgehead atoms. The lowest BCUT2D eigenvalue weighted by Gasteiger charge is -2.24. The lowest BCUT2D eigenvalue weighted by molar-refractivity contribution is -0.127. The summed E-state index contributed by atoms with van der Waals surface area (Å²) in [5.74, 6) is 1.03. The van der Waals surface area contributed by atoms with E-state index in [4.69, 9.17) is 22.1 Å². The van der Waals surface area contributed by atoms with Gasteiger partial charge in [-0.25, -0.2) is 23.9 Å². The molecule has 0 spiro atoms. The Kier molecular flexibility index (Phi) is 6.40. The standard InChI is InChI=1S/C29H26FN7O2/c1-32-24(14-18-7-8-18)29(38)36-13-3-5-21(36)16-37-28-25(27(31)33-17-34-28)26(35-37)19-9-11-22(12-10-19)39-23-6-2-4-20(30)15-23/h2,4,6,9-12,14-15,17-18,21H,3,5,7-8,13,16H2,(H2,31,33,34)/t21-/m1/s1. The Hall–Kier alpha value is -4.78. The first-order valence-corrected chi connectivity index (χ1v) is 12.9. The highest BCUT2D eigenvalue weighted by Crippen LogP contribution is 2.34. The van der Waals surface area contributed by atoms with Crippen LogP contribution < -0.4 is 10.5 Å². The van der Waals surface area contributed by atoms with Crippen LogP contribution in [0, 0.1) is 18.3 Å². The molecule has 1 amide bonds. The Bertz CT molecular complexity index is 1620. The number of halogens is 1. The summed E-state index contributed by atoms with van der Waals surface area (Å²) in [7, 11) is 0. The van der Waals surface area contributed by atoms with Gasteiger partial charge in [0.25, 0.3) is 5.91 Å². The molecule has 10 heteroatoms. The van der Waals surface area contributed by atoms with E-state index in [-0.39, 0.29) is 23.5 Å². The molecule has 2 aliphatic rings. The Balaban J connectivity index is 1.28. The van der Waals surface area contributed by atoms with E-state index in [0.29, 0.717) is 53.1 Å². The van der Waals surface area contributed by atoms with Crippen molar-refractivity contribution in [3.63, 3.8) is 0 Å². The van der Waals surface area contributed by atoms with Crippen LogP contribution in [0.25, 0.3) is 27.1 Å². The Morgan fingerprint density at radius 3 is 2.72 bits per heavy atom. The maximum Gasteiger partial charge on any atom is 0.252 e. The highest BCUT2D eigenvalue weighted by molar-refractivity contribution is 5.98. The van der Waals surface area contributed by atoms with Crippen LogP contribution in [0.3, 0.4) is 0 Å². The van der Waals surface area contributed by atoms with Crippen molar-refractivity contribution in [3.8, 4) is 22.8 Å². The largest absolute Gasteiger partial charge is 0.457 e. The minimum Gasteiger partial charge on any atom is -0.457 e. The summed E-state index contributed by atoms with van der Waals surface area (Å²) in [4.78, 5) is 27.2. The van der Waals surface area contributed by atoms with Gasteiger partial charge in [0.1, 0.15) is 35.2 Å². The van der Waals surface area contributed by atoms with Crippen molar-refractivity contribution in [1.29, 1.82) is 0 Å². The minimum atomic E-state index is -0.372. The smallest absolute Gasteiger partial charge is 0.252 e. The summed E-state index contributed by atoms with van der Waals surface area (Å²) in [5.41, 5.74) is 8.47. The van der Waals surface area contributed by atoms with E-state index in [0.717, 1.165) is 31.2 Å².